The summed E-state index contributed by atoms with van der Waals surface area (Å²) in [5.74, 6) is 0.496. The second-order valence-corrected chi connectivity index (χ2v) is 4.11. The number of rotatable bonds is 2. The summed E-state index contributed by atoms with van der Waals surface area (Å²) in [4.78, 5) is 24.1. The molecular weight excluding hydrogens is 180 g/mol. The molecule has 2 saturated heterocycles. The van der Waals surface area contributed by atoms with Crippen LogP contribution in [0.3, 0.4) is 0 Å². The van der Waals surface area contributed by atoms with Gasteiger partial charge in [0.25, 0.3) is 0 Å². The van der Waals surface area contributed by atoms with Crippen molar-refractivity contribution in [1.82, 2.24) is 10.2 Å². The van der Waals surface area contributed by atoms with Crippen LogP contribution < -0.4 is 5.32 Å². The molecule has 4 nitrogen and oxygen atoms in total. The fourth-order valence-electron chi connectivity index (χ4n) is 2.16. The van der Waals surface area contributed by atoms with Crippen molar-refractivity contribution in [3.8, 4) is 0 Å². The topological polar surface area (TPSA) is 49.4 Å². The zero-order valence-electron chi connectivity index (χ0n) is 8.29. The minimum absolute atomic E-state index is 0.0144. The first-order valence-electron chi connectivity index (χ1n) is 5.31. The minimum Gasteiger partial charge on any atom is -0.316 e. The summed E-state index contributed by atoms with van der Waals surface area (Å²) in [6.07, 6.45) is 3.11. The molecule has 0 spiro atoms. The molecule has 2 fully saturated rings. The van der Waals surface area contributed by atoms with Gasteiger partial charge in [-0.25, -0.2) is 0 Å². The van der Waals surface area contributed by atoms with Gasteiger partial charge < -0.3 is 5.32 Å². The van der Waals surface area contributed by atoms with Crippen LogP contribution in [0.1, 0.15) is 25.7 Å². The lowest BCUT2D eigenvalue weighted by atomic mass is 9.99. The van der Waals surface area contributed by atoms with Crippen molar-refractivity contribution in [3.63, 3.8) is 0 Å². The number of hydrogen-bond acceptors (Lipinski definition) is 3. The third kappa shape index (κ3) is 1.95. The first-order valence-corrected chi connectivity index (χ1v) is 5.31. The summed E-state index contributed by atoms with van der Waals surface area (Å²) < 4.78 is 0. The molecule has 0 saturated carbocycles. The van der Waals surface area contributed by atoms with Gasteiger partial charge in [0.2, 0.25) is 11.8 Å². The molecule has 0 radical (unpaired) electrons. The molecule has 0 bridgehead atoms. The predicted octanol–water partition coefficient (Wildman–Crippen LogP) is 0.135. The van der Waals surface area contributed by atoms with Gasteiger partial charge in [0.05, 0.1) is 0 Å². The van der Waals surface area contributed by atoms with Gasteiger partial charge in [-0.05, 0) is 31.8 Å². The van der Waals surface area contributed by atoms with Gasteiger partial charge in [0.15, 0.2) is 0 Å². The Morgan fingerprint density at radius 1 is 1.29 bits per heavy atom. The Morgan fingerprint density at radius 2 is 2.00 bits per heavy atom. The second-order valence-electron chi connectivity index (χ2n) is 4.11. The maximum Gasteiger partial charge on any atom is 0.229 e. The highest BCUT2D eigenvalue weighted by Gasteiger charge is 2.30. The van der Waals surface area contributed by atoms with Crippen LogP contribution in [0, 0.1) is 5.92 Å². The van der Waals surface area contributed by atoms with Crippen molar-refractivity contribution in [2.24, 2.45) is 5.92 Å². The molecule has 1 atom stereocenters. The Hall–Kier alpha value is -0.900. The molecule has 1 N–H and O–H groups in total. The van der Waals surface area contributed by atoms with Gasteiger partial charge in [-0.15, -0.1) is 0 Å². The number of nitrogens with zero attached hydrogens (tertiary/aromatic N) is 1. The van der Waals surface area contributed by atoms with E-state index in [2.05, 4.69) is 5.32 Å². The monoisotopic (exact) mass is 196 g/mol. The summed E-state index contributed by atoms with van der Waals surface area (Å²) in [7, 11) is 0. The normalized spacial score (nSPS) is 28.6. The van der Waals surface area contributed by atoms with Gasteiger partial charge in [0, 0.05) is 19.4 Å². The quantitative estimate of drug-likeness (QED) is 0.639. The molecule has 0 aliphatic carbocycles. The highest BCUT2D eigenvalue weighted by molar-refractivity contribution is 6.01. The third-order valence-corrected chi connectivity index (χ3v) is 2.99. The summed E-state index contributed by atoms with van der Waals surface area (Å²) in [6.45, 7) is 2.64. The molecular formula is C10H16N2O2. The zero-order chi connectivity index (χ0) is 9.97. The minimum atomic E-state index is 0.0144. The zero-order valence-corrected chi connectivity index (χ0v) is 8.29. The number of hydrogen-bond donors (Lipinski definition) is 1. The third-order valence-electron chi connectivity index (χ3n) is 2.99. The van der Waals surface area contributed by atoms with Gasteiger partial charge in [-0.1, -0.05) is 0 Å². The average molecular weight is 196 g/mol. The maximum absolute atomic E-state index is 11.3. The van der Waals surface area contributed by atoms with E-state index >= 15 is 0 Å². The van der Waals surface area contributed by atoms with Crippen LogP contribution in [0.4, 0.5) is 0 Å². The van der Waals surface area contributed by atoms with E-state index in [9.17, 15) is 9.59 Å². The number of carbonyl (C=O) groups excluding carboxylic acids is 2. The lowest BCUT2D eigenvalue weighted by Crippen LogP contribution is -2.40. The van der Waals surface area contributed by atoms with Crippen molar-refractivity contribution >= 4 is 11.8 Å². The van der Waals surface area contributed by atoms with Gasteiger partial charge in [-0.2, -0.15) is 0 Å². The lowest BCUT2D eigenvalue weighted by Gasteiger charge is -2.26. The molecule has 4 heteroatoms. The van der Waals surface area contributed by atoms with E-state index in [4.69, 9.17) is 0 Å². The van der Waals surface area contributed by atoms with E-state index < -0.39 is 0 Å². The molecule has 0 aromatic heterocycles. The number of likely N-dealkylation sites (tertiary alicyclic amines) is 1. The Balaban J connectivity index is 1.89. The Labute approximate surface area is 83.6 Å². The molecule has 2 rings (SSSR count). The van der Waals surface area contributed by atoms with Crippen LogP contribution in [-0.4, -0.2) is 36.3 Å². The highest BCUT2D eigenvalue weighted by Crippen LogP contribution is 2.17. The summed E-state index contributed by atoms with van der Waals surface area (Å²) >= 11 is 0. The SMILES string of the molecule is O=C1CCC(=O)N1C[C@H]1CCCNC1. The summed E-state index contributed by atoms with van der Waals surface area (Å²) in [6, 6.07) is 0. The fraction of sp³-hybridized carbons (Fsp3) is 0.800. The van der Waals surface area contributed by atoms with Crippen LogP contribution in [0.15, 0.2) is 0 Å². The summed E-state index contributed by atoms with van der Waals surface area (Å²) in [5.41, 5.74) is 0. The molecule has 0 aromatic carbocycles. The van der Waals surface area contributed by atoms with Gasteiger partial charge >= 0.3 is 0 Å². The lowest BCUT2D eigenvalue weighted by molar-refractivity contribution is -0.139. The van der Waals surface area contributed by atoms with Crippen LogP contribution >= 0.6 is 0 Å². The first-order chi connectivity index (χ1) is 6.77. The van der Waals surface area contributed by atoms with Crippen molar-refractivity contribution < 1.29 is 9.59 Å². The van der Waals surface area contributed by atoms with E-state index in [0.717, 1.165) is 25.9 Å². The number of imide groups is 1. The molecule has 0 unspecified atom stereocenters. The first kappa shape index (κ1) is 9.65. The molecule has 2 aliphatic rings. The van der Waals surface area contributed by atoms with Crippen LogP contribution in [0.25, 0.3) is 0 Å². The molecule has 0 aromatic rings. The standard InChI is InChI=1S/C10H16N2O2/c13-9-3-4-10(14)12(9)7-8-2-1-5-11-6-8/h8,11H,1-7H2/t8-/m0/s1. The van der Waals surface area contributed by atoms with E-state index in [1.54, 1.807) is 0 Å². The second kappa shape index (κ2) is 4.09. The van der Waals surface area contributed by atoms with Gasteiger partial charge in [0.1, 0.15) is 0 Å². The van der Waals surface area contributed by atoms with Crippen LogP contribution in [-0.2, 0) is 9.59 Å². The van der Waals surface area contributed by atoms with E-state index in [1.165, 1.54) is 4.90 Å². The van der Waals surface area contributed by atoms with E-state index in [1.807, 2.05) is 0 Å². The van der Waals surface area contributed by atoms with Crippen LogP contribution in [0.2, 0.25) is 0 Å². The molecule has 2 heterocycles. The maximum atomic E-state index is 11.3. The van der Waals surface area contributed by atoms with Gasteiger partial charge in [-0.3, -0.25) is 14.5 Å². The number of amides is 2. The molecule has 14 heavy (non-hydrogen) atoms. The highest BCUT2D eigenvalue weighted by atomic mass is 16.2. The fourth-order valence-corrected chi connectivity index (χ4v) is 2.16. The van der Waals surface area contributed by atoms with Crippen molar-refractivity contribution in [1.29, 1.82) is 0 Å². The smallest absolute Gasteiger partial charge is 0.229 e. The van der Waals surface area contributed by atoms with E-state index in [-0.39, 0.29) is 11.8 Å². The Morgan fingerprint density at radius 3 is 2.57 bits per heavy atom. The van der Waals surface area contributed by atoms with Crippen molar-refractivity contribution in [2.75, 3.05) is 19.6 Å². The number of nitrogens with one attached hydrogen (secondary N) is 1. The Kier molecular flexibility index (Phi) is 2.82. The molecule has 78 valence electrons. The summed E-state index contributed by atoms with van der Waals surface area (Å²) in [5, 5.41) is 3.29. The molecule has 2 amide bonds. The van der Waals surface area contributed by atoms with E-state index in [0.29, 0.717) is 25.3 Å². The number of carbonyl (C=O) groups is 2. The Bertz CT molecular complexity index is 231. The van der Waals surface area contributed by atoms with Crippen molar-refractivity contribution in [2.45, 2.75) is 25.7 Å². The predicted molar refractivity (Wildman–Crippen MR) is 51.5 cm³/mol. The largest absolute Gasteiger partial charge is 0.316 e. The van der Waals surface area contributed by atoms with Crippen molar-refractivity contribution in [3.05, 3.63) is 0 Å². The molecule has 2 aliphatic heterocycles. The van der Waals surface area contributed by atoms with Crippen LogP contribution in [0.5, 0.6) is 0 Å². The average Bonchev–Trinajstić information content (AvgIpc) is 2.51. The number of piperidine rings is 1.